The van der Waals surface area contributed by atoms with Crippen LogP contribution in [0.5, 0.6) is 0 Å². The van der Waals surface area contributed by atoms with E-state index in [0.717, 1.165) is 57.8 Å². The molecule has 0 saturated heterocycles. The number of nitrogens with zero attached hydrogens (tertiary/aromatic N) is 2. The van der Waals surface area contributed by atoms with Crippen molar-refractivity contribution in [2.75, 3.05) is 16.4 Å². The third-order valence-corrected chi connectivity index (χ3v) is 7.46. The maximum atomic E-state index is 6.62. The highest BCUT2D eigenvalue weighted by molar-refractivity contribution is 8.03. The Kier molecular flexibility index (Phi) is 6.45. The lowest BCUT2D eigenvalue weighted by molar-refractivity contribution is 0.512. The van der Waals surface area contributed by atoms with E-state index in [4.69, 9.17) is 22.3 Å². The molecule has 4 rings (SSSR count). The van der Waals surface area contributed by atoms with Gasteiger partial charge in [-0.15, -0.1) is 11.8 Å². The maximum Gasteiger partial charge on any atom is 0.0759 e. The Bertz CT molecular complexity index is 967. The average Bonchev–Trinajstić information content (AvgIpc) is 3.56. The van der Waals surface area contributed by atoms with Gasteiger partial charge >= 0.3 is 0 Å². The van der Waals surface area contributed by atoms with Crippen molar-refractivity contribution in [3.63, 3.8) is 0 Å². The Morgan fingerprint density at radius 1 is 1.23 bits per heavy atom. The first-order valence-corrected chi connectivity index (χ1v) is 12.2. The van der Waals surface area contributed by atoms with Gasteiger partial charge in [0.1, 0.15) is 0 Å². The lowest BCUT2D eigenvalue weighted by Gasteiger charge is -2.35. The van der Waals surface area contributed by atoms with Crippen LogP contribution in [0.2, 0.25) is 5.02 Å². The van der Waals surface area contributed by atoms with Crippen LogP contribution < -0.4 is 10.6 Å². The summed E-state index contributed by atoms with van der Waals surface area (Å²) in [5.74, 6) is 1.99. The summed E-state index contributed by atoms with van der Waals surface area (Å²) in [4.78, 5) is 7.67. The van der Waals surface area contributed by atoms with Crippen molar-refractivity contribution < 1.29 is 0 Å². The van der Waals surface area contributed by atoms with Crippen LogP contribution in [0.3, 0.4) is 0 Å². The van der Waals surface area contributed by atoms with E-state index < -0.39 is 0 Å². The van der Waals surface area contributed by atoms with Gasteiger partial charge in [-0.1, -0.05) is 49.7 Å². The maximum absolute atomic E-state index is 6.62. The number of halogens is 1. The first-order chi connectivity index (χ1) is 14.5. The van der Waals surface area contributed by atoms with Crippen LogP contribution in [0, 0.1) is 5.92 Å². The van der Waals surface area contributed by atoms with Crippen LogP contribution in [0.15, 0.2) is 59.1 Å². The molecule has 1 aliphatic carbocycles. The zero-order valence-electron chi connectivity index (χ0n) is 17.8. The van der Waals surface area contributed by atoms with Gasteiger partial charge in [-0.05, 0) is 56.4 Å². The molecule has 1 aliphatic heterocycles. The van der Waals surface area contributed by atoms with Gasteiger partial charge in [-0.3, -0.25) is 4.99 Å². The van der Waals surface area contributed by atoms with Crippen LogP contribution >= 0.6 is 23.4 Å². The number of benzene rings is 2. The van der Waals surface area contributed by atoms with Gasteiger partial charge in [0.25, 0.3) is 0 Å². The number of hydrogen-bond donors (Lipinski definition) is 1. The molecule has 1 fully saturated rings. The fraction of sp³-hybridized carbons (Fsp3) is 0.400. The summed E-state index contributed by atoms with van der Waals surface area (Å²) in [6.45, 7) is 8.96. The SMILES string of the molecule is C=C(SCC1CC1)N1c2ccc(N)cc2C(c2ccccc2Cl)=N[C@@H](CCC)C1C. The second kappa shape index (κ2) is 9.07. The number of aliphatic imine (C=N–C) groups is 1. The third-order valence-electron chi connectivity index (χ3n) is 5.96. The van der Waals surface area contributed by atoms with E-state index in [1.807, 2.05) is 48.2 Å². The topological polar surface area (TPSA) is 41.6 Å². The smallest absolute Gasteiger partial charge is 0.0759 e. The second-order valence-electron chi connectivity index (χ2n) is 8.35. The van der Waals surface area contributed by atoms with Crippen molar-refractivity contribution in [1.82, 2.24) is 0 Å². The number of thioether (sulfide) groups is 1. The van der Waals surface area contributed by atoms with Crippen LogP contribution in [0.25, 0.3) is 0 Å². The molecule has 1 saturated carbocycles. The van der Waals surface area contributed by atoms with Crippen LogP contribution in [-0.2, 0) is 0 Å². The minimum Gasteiger partial charge on any atom is -0.399 e. The van der Waals surface area contributed by atoms with E-state index in [9.17, 15) is 0 Å². The molecule has 0 aromatic heterocycles. The zero-order valence-corrected chi connectivity index (χ0v) is 19.3. The molecule has 0 bridgehead atoms. The van der Waals surface area contributed by atoms with Gasteiger partial charge in [-0.2, -0.15) is 0 Å². The highest BCUT2D eigenvalue weighted by Crippen LogP contribution is 2.41. The van der Waals surface area contributed by atoms with Gasteiger partial charge in [0, 0.05) is 27.6 Å². The van der Waals surface area contributed by atoms with Crippen LogP contribution in [0.1, 0.15) is 50.7 Å². The Morgan fingerprint density at radius 2 is 2.00 bits per heavy atom. The summed E-state index contributed by atoms with van der Waals surface area (Å²) in [7, 11) is 0. The van der Waals surface area contributed by atoms with Crippen molar-refractivity contribution in [2.24, 2.45) is 10.9 Å². The summed E-state index contributed by atoms with van der Waals surface area (Å²) in [5, 5.41) is 1.81. The number of anilines is 2. The number of hydrogen-bond acceptors (Lipinski definition) is 4. The van der Waals surface area contributed by atoms with Crippen molar-refractivity contribution >= 4 is 40.4 Å². The lowest BCUT2D eigenvalue weighted by Crippen LogP contribution is -2.39. The molecule has 1 heterocycles. The summed E-state index contributed by atoms with van der Waals surface area (Å²) in [6.07, 6.45) is 4.78. The summed E-state index contributed by atoms with van der Waals surface area (Å²) in [6, 6.07) is 14.4. The Labute approximate surface area is 189 Å². The molecule has 2 aliphatic rings. The number of benzodiazepines with no additional fused rings is 1. The van der Waals surface area contributed by atoms with E-state index in [2.05, 4.69) is 31.4 Å². The molecular formula is C25H30ClN3S. The summed E-state index contributed by atoms with van der Waals surface area (Å²) < 4.78 is 0. The Morgan fingerprint density at radius 3 is 2.70 bits per heavy atom. The van der Waals surface area contributed by atoms with E-state index in [0.29, 0.717) is 5.02 Å². The van der Waals surface area contributed by atoms with Crippen molar-refractivity contribution in [1.29, 1.82) is 0 Å². The lowest BCUT2D eigenvalue weighted by atomic mass is 9.99. The van der Waals surface area contributed by atoms with Crippen molar-refractivity contribution in [3.05, 3.63) is 70.2 Å². The van der Waals surface area contributed by atoms with Crippen LogP contribution in [-0.4, -0.2) is 23.5 Å². The highest BCUT2D eigenvalue weighted by Gasteiger charge is 2.33. The van der Waals surface area contributed by atoms with Gasteiger partial charge < -0.3 is 10.6 Å². The third kappa shape index (κ3) is 4.40. The Balaban J connectivity index is 1.84. The Hall–Kier alpha value is -1.91. The molecule has 5 heteroatoms. The predicted octanol–water partition coefficient (Wildman–Crippen LogP) is 6.75. The number of nitrogens with two attached hydrogens (primary N) is 1. The minimum atomic E-state index is 0.146. The zero-order chi connectivity index (χ0) is 21.3. The summed E-state index contributed by atoms with van der Waals surface area (Å²) in [5.41, 5.74) is 11.0. The molecule has 0 amide bonds. The molecule has 3 nitrogen and oxygen atoms in total. The largest absolute Gasteiger partial charge is 0.399 e. The summed E-state index contributed by atoms with van der Waals surface area (Å²) >= 11 is 8.50. The standard InChI is InChI=1S/C25H30ClN3S/c1-4-7-23-16(2)29(17(3)30-15-18-10-11-18)24-13-12-19(27)14-21(24)25(28-23)20-8-5-6-9-22(20)26/h5-6,8-9,12-14,16,18,23H,3-4,7,10-11,15,27H2,1-2H3/t16?,23-/m0/s1. The molecule has 0 radical (unpaired) electrons. The highest BCUT2D eigenvalue weighted by atomic mass is 35.5. The molecule has 2 N–H and O–H groups in total. The van der Waals surface area contributed by atoms with Gasteiger partial charge in [0.05, 0.1) is 28.5 Å². The first kappa shape index (κ1) is 21.3. The van der Waals surface area contributed by atoms with Gasteiger partial charge in [-0.25, -0.2) is 0 Å². The fourth-order valence-electron chi connectivity index (χ4n) is 4.09. The second-order valence-corrected chi connectivity index (χ2v) is 9.85. The molecule has 30 heavy (non-hydrogen) atoms. The monoisotopic (exact) mass is 439 g/mol. The van der Waals surface area contributed by atoms with Crippen LogP contribution in [0.4, 0.5) is 11.4 Å². The van der Waals surface area contributed by atoms with E-state index in [1.165, 1.54) is 12.8 Å². The van der Waals surface area contributed by atoms with Crippen molar-refractivity contribution in [2.45, 2.75) is 51.6 Å². The molecule has 2 aromatic rings. The van der Waals surface area contributed by atoms with Gasteiger partial charge in [0.2, 0.25) is 0 Å². The number of fused-ring (bicyclic) bond motifs is 1. The first-order valence-electron chi connectivity index (χ1n) is 10.8. The quantitative estimate of drug-likeness (QED) is 0.485. The molecule has 158 valence electrons. The van der Waals surface area contributed by atoms with E-state index in [1.54, 1.807) is 0 Å². The molecular weight excluding hydrogens is 410 g/mol. The van der Waals surface area contributed by atoms with Gasteiger partial charge in [0.15, 0.2) is 0 Å². The average molecular weight is 440 g/mol. The molecule has 1 unspecified atom stereocenters. The predicted molar refractivity (Wildman–Crippen MR) is 133 cm³/mol. The fourth-order valence-corrected chi connectivity index (χ4v) is 5.48. The minimum absolute atomic E-state index is 0.146. The number of nitrogen functional groups attached to an aromatic ring is 1. The normalized spacial score (nSPS) is 21.0. The molecule has 0 spiro atoms. The molecule has 2 atom stereocenters. The molecule has 2 aromatic carbocycles. The van der Waals surface area contributed by atoms with Crippen molar-refractivity contribution in [3.8, 4) is 0 Å². The number of rotatable bonds is 7. The van der Waals surface area contributed by atoms with E-state index in [-0.39, 0.29) is 12.1 Å². The van der Waals surface area contributed by atoms with E-state index >= 15 is 0 Å².